The molecular weight excluding hydrogens is 798 g/mol. The predicted octanol–water partition coefficient (Wildman–Crippen LogP) is 8.78. The second-order valence-corrected chi connectivity index (χ2v) is 18.3. The fourth-order valence-corrected chi connectivity index (χ4v) is 6.56. The molecule has 4 aromatic rings. The van der Waals surface area contributed by atoms with Crippen molar-refractivity contribution in [2.45, 2.75) is 91.9 Å². The number of carbonyl (C=O) groups excluding carboxylic acids is 2. The second kappa shape index (κ2) is 20.0. The molecule has 0 aliphatic rings. The molecule has 0 saturated heterocycles. The Balaban J connectivity index is 1.30. The smallest absolute Gasteiger partial charge is 0.493 e. The average molecular weight is 851 g/mol. The van der Waals surface area contributed by atoms with Crippen LogP contribution in [-0.4, -0.2) is 82.1 Å². The van der Waals surface area contributed by atoms with E-state index in [4.69, 9.17) is 37.9 Å². The van der Waals surface area contributed by atoms with Crippen LogP contribution < -0.4 is 20.1 Å². The second-order valence-electron chi connectivity index (χ2n) is 15.7. The van der Waals surface area contributed by atoms with Crippen molar-refractivity contribution in [1.82, 2.24) is 19.9 Å². The molecule has 0 aliphatic carbocycles. The molecule has 2 aromatic carbocycles. The quantitative estimate of drug-likeness (QED) is 0.0394. The molecule has 0 atom stereocenters. The van der Waals surface area contributed by atoms with Crippen LogP contribution in [0, 0.1) is 5.82 Å². The number of anilines is 3. The number of amides is 2. The molecule has 318 valence electrons. The number of nitrogens with zero attached hydrogens (tertiary/aromatic N) is 4. The van der Waals surface area contributed by atoms with E-state index in [2.05, 4.69) is 25.6 Å². The fraction of sp³-hybridized carbons (Fsp3) is 0.500. The Morgan fingerprint density at radius 3 is 2.24 bits per heavy atom. The number of methoxy groups -OCH3 is 1. The van der Waals surface area contributed by atoms with Crippen LogP contribution in [0.1, 0.15) is 73.6 Å². The van der Waals surface area contributed by atoms with E-state index in [1.54, 1.807) is 65.9 Å². The number of aromatic nitrogens is 3. The van der Waals surface area contributed by atoms with E-state index in [0.29, 0.717) is 50.3 Å². The fourth-order valence-electron chi connectivity index (χ4n) is 4.71. The monoisotopic (exact) mass is 850 g/mol. The van der Waals surface area contributed by atoms with Crippen molar-refractivity contribution in [1.29, 1.82) is 0 Å². The Bertz CT molecular complexity index is 2030. The first-order valence-electron chi connectivity index (χ1n) is 18.3. The van der Waals surface area contributed by atoms with Crippen molar-refractivity contribution in [2.75, 3.05) is 44.1 Å². The number of fused-ring (bicyclic) bond motifs is 1. The highest BCUT2D eigenvalue weighted by Gasteiger charge is 2.36. The van der Waals surface area contributed by atoms with Crippen LogP contribution in [0.5, 0.6) is 11.5 Å². The number of benzene rings is 2. The van der Waals surface area contributed by atoms with Crippen LogP contribution in [0.3, 0.4) is 0 Å². The van der Waals surface area contributed by atoms with E-state index in [1.807, 2.05) is 20.8 Å². The van der Waals surface area contributed by atoms with Gasteiger partial charge in [-0.3, -0.25) is 9.32 Å². The number of nitrogens with one attached hydrogen (secondary N) is 2. The van der Waals surface area contributed by atoms with E-state index in [-0.39, 0.29) is 38.7 Å². The highest BCUT2D eigenvalue weighted by molar-refractivity contribution is 7.48. The zero-order valence-corrected chi connectivity index (χ0v) is 36.1. The van der Waals surface area contributed by atoms with Gasteiger partial charge in [0.15, 0.2) is 16.6 Å². The summed E-state index contributed by atoms with van der Waals surface area (Å²) in [6.45, 7) is 15.6. The minimum atomic E-state index is -4.35. The van der Waals surface area contributed by atoms with Crippen LogP contribution in [-0.2, 0) is 44.2 Å². The molecule has 2 amide bonds. The summed E-state index contributed by atoms with van der Waals surface area (Å²) in [7, 11) is -2.84. The number of carbonyl (C=O) groups is 2. The first kappa shape index (κ1) is 46.2. The zero-order chi connectivity index (χ0) is 42.7. The maximum atomic E-state index is 13.5. The summed E-state index contributed by atoms with van der Waals surface area (Å²) in [6, 6.07) is 9.12. The average Bonchev–Trinajstić information content (AvgIpc) is 3.56. The molecule has 58 heavy (non-hydrogen) atoms. The summed E-state index contributed by atoms with van der Waals surface area (Å²) in [5.74, 6) is 0.543. The molecule has 2 heterocycles. The van der Waals surface area contributed by atoms with Crippen molar-refractivity contribution >= 4 is 58.7 Å². The number of thiazole rings is 1. The maximum Gasteiger partial charge on any atom is 0.529 e. The van der Waals surface area contributed by atoms with Crippen LogP contribution in [0.25, 0.3) is 10.9 Å². The Hall–Kier alpha value is -4.49. The topological polar surface area (TPSA) is 191 Å². The minimum Gasteiger partial charge on any atom is -0.493 e. The number of hydrogen-bond donors (Lipinski definition) is 2. The van der Waals surface area contributed by atoms with Gasteiger partial charge in [-0.05, 0) is 86.6 Å². The third-order valence-corrected chi connectivity index (χ3v) is 9.19. The van der Waals surface area contributed by atoms with Crippen molar-refractivity contribution in [3.63, 3.8) is 0 Å². The van der Waals surface area contributed by atoms with Gasteiger partial charge in [-0.1, -0.05) is 6.07 Å². The summed E-state index contributed by atoms with van der Waals surface area (Å²) in [6.07, 6.45) is 2.75. The summed E-state index contributed by atoms with van der Waals surface area (Å²) >= 11 is 1.27. The van der Waals surface area contributed by atoms with Crippen LogP contribution in [0.15, 0.2) is 48.9 Å². The number of phosphoric acid groups is 1. The van der Waals surface area contributed by atoms with E-state index >= 15 is 0 Å². The molecule has 0 radical (unpaired) electrons. The molecule has 2 aromatic heterocycles. The van der Waals surface area contributed by atoms with Gasteiger partial charge in [0.05, 0.1) is 50.1 Å². The number of ether oxygens (including phenoxy) is 3. The Morgan fingerprint density at radius 1 is 0.897 bits per heavy atom. The lowest BCUT2D eigenvalue weighted by molar-refractivity contribution is -0.337. The first-order chi connectivity index (χ1) is 27.1. The molecule has 0 spiro atoms. The van der Waals surface area contributed by atoms with Gasteiger partial charge in [-0.25, -0.2) is 38.5 Å². The SMILES string of the molecule is COc1cc2c(Nc3ncc(CC(=O)Nc4cccc(F)c4)s3)ncnc2cc1OCCCOC(=O)N(CCOP(=O)(OOC(C)(C)C)OOC(C)(C)C)C(C)(C)C. The zero-order valence-electron chi connectivity index (χ0n) is 34.4. The molecule has 2 N–H and O–H groups in total. The van der Waals surface area contributed by atoms with Crippen molar-refractivity contribution in [3.05, 3.63) is 59.6 Å². The number of rotatable bonds is 19. The van der Waals surface area contributed by atoms with Gasteiger partial charge in [0, 0.05) is 46.7 Å². The molecule has 20 heteroatoms. The molecule has 17 nitrogen and oxygen atoms in total. The van der Waals surface area contributed by atoms with Crippen LogP contribution >= 0.6 is 19.2 Å². The highest BCUT2D eigenvalue weighted by Crippen LogP contribution is 2.51. The maximum absolute atomic E-state index is 13.5. The summed E-state index contributed by atoms with van der Waals surface area (Å²) < 4.78 is 59.4. The standard InChI is InChI=1S/C38H52FN6O11PS/c1-36(2,3)45(15-18-52-57(48,55-53-37(4,5)6)56-54-38(7,8)9)35(47)51-17-12-16-50-31-22-29-28(21-30(31)49-10)33(42-24-41-29)44-34-40-23-27(58-34)20-32(46)43-26-14-11-13-25(39)19-26/h11,13-14,19,21-24H,12,15-18,20H2,1-10H3,(H,43,46)(H,40,41,42,44). The van der Waals surface area contributed by atoms with Crippen LogP contribution in [0.2, 0.25) is 0 Å². The highest BCUT2D eigenvalue weighted by atomic mass is 32.1. The van der Waals surface area contributed by atoms with E-state index < -0.39 is 36.5 Å². The Labute approximate surface area is 341 Å². The van der Waals surface area contributed by atoms with Gasteiger partial charge < -0.3 is 29.7 Å². The van der Waals surface area contributed by atoms with E-state index in [0.717, 1.165) is 0 Å². The summed E-state index contributed by atoms with van der Waals surface area (Å²) in [5.41, 5.74) is -1.41. The van der Waals surface area contributed by atoms with Gasteiger partial charge in [0.25, 0.3) is 0 Å². The lowest BCUT2D eigenvalue weighted by Gasteiger charge is -2.34. The lowest BCUT2D eigenvalue weighted by Crippen LogP contribution is -2.47. The lowest BCUT2D eigenvalue weighted by atomic mass is 10.1. The van der Waals surface area contributed by atoms with E-state index in [1.165, 1.54) is 47.9 Å². The van der Waals surface area contributed by atoms with Crippen molar-refractivity contribution in [2.24, 2.45) is 0 Å². The third kappa shape index (κ3) is 15.0. The molecule has 0 saturated carbocycles. The largest absolute Gasteiger partial charge is 0.529 e. The van der Waals surface area contributed by atoms with Gasteiger partial charge in [-0.15, -0.1) is 20.7 Å². The first-order valence-corrected chi connectivity index (χ1v) is 20.6. The molecule has 0 fully saturated rings. The van der Waals surface area contributed by atoms with Gasteiger partial charge in [0.2, 0.25) is 5.91 Å². The van der Waals surface area contributed by atoms with Crippen molar-refractivity contribution in [3.8, 4) is 11.5 Å². The minimum absolute atomic E-state index is 0.0214. The summed E-state index contributed by atoms with van der Waals surface area (Å²) in [4.78, 5) is 51.3. The van der Waals surface area contributed by atoms with Crippen molar-refractivity contribution < 1.29 is 56.4 Å². The molecule has 4 rings (SSSR count). The molecule has 0 bridgehead atoms. The molecule has 0 aliphatic heterocycles. The normalized spacial score (nSPS) is 12.3. The van der Waals surface area contributed by atoms with Crippen LogP contribution in [0.4, 0.5) is 25.8 Å². The third-order valence-electron chi connectivity index (χ3n) is 7.27. The van der Waals surface area contributed by atoms with Gasteiger partial charge in [-0.2, -0.15) is 0 Å². The van der Waals surface area contributed by atoms with Gasteiger partial charge in [0.1, 0.15) is 18.0 Å². The molecule has 0 unspecified atom stereocenters. The van der Waals surface area contributed by atoms with E-state index in [9.17, 15) is 18.5 Å². The Morgan fingerprint density at radius 2 is 1.60 bits per heavy atom. The Kier molecular flexibility index (Phi) is 15.9. The summed E-state index contributed by atoms with van der Waals surface area (Å²) in [5, 5.41) is 6.99. The number of hydrogen-bond acceptors (Lipinski definition) is 16. The number of halogens is 1. The predicted molar refractivity (Wildman–Crippen MR) is 216 cm³/mol. The molecular formula is C38H52FN6O11PS. The van der Waals surface area contributed by atoms with Gasteiger partial charge >= 0.3 is 13.9 Å².